The molecule has 1 aromatic carbocycles. The second-order valence-corrected chi connectivity index (χ2v) is 5.92. The van der Waals surface area contributed by atoms with Gasteiger partial charge < -0.3 is 10.2 Å². The molecule has 0 radical (unpaired) electrons. The molecule has 1 aromatic rings. The van der Waals surface area contributed by atoms with Crippen molar-refractivity contribution in [3.8, 4) is 0 Å². The van der Waals surface area contributed by atoms with Crippen molar-refractivity contribution < 1.29 is 4.79 Å². The average Bonchev–Trinajstić information content (AvgIpc) is 3.24. The molecule has 19 heavy (non-hydrogen) atoms. The topological polar surface area (TPSA) is 32.3 Å². The molecule has 3 rings (SSSR count). The van der Waals surface area contributed by atoms with Gasteiger partial charge in [-0.25, -0.2) is 0 Å². The van der Waals surface area contributed by atoms with Gasteiger partial charge in [0.15, 0.2) is 0 Å². The summed E-state index contributed by atoms with van der Waals surface area (Å²) in [5.74, 6) is 0.304. The first-order chi connectivity index (χ1) is 9.22. The van der Waals surface area contributed by atoms with Gasteiger partial charge in [-0.15, -0.1) is 0 Å². The number of hydrogen-bond acceptors (Lipinski definition) is 2. The molecule has 4 heteroatoms. The highest BCUT2D eigenvalue weighted by Crippen LogP contribution is 2.49. The van der Waals surface area contributed by atoms with Crippen LogP contribution in [0.15, 0.2) is 24.3 Å². The molecule has 0 unspecified atom stereocenters. The lowest BCUT2D eigenvalue weighted by Crippen LogP contribution is -2.41. The molecule has 0 atom stereocenters. The van der Waals surface area contributed by atoms with Crippen molar-refractivity contribution >= 4 is 17.5 Å². The molecule has 1 heterocycles. The van der Waals surface area contributed by atoms with E-state index in [0.29, 0.717) is 5.91 Å². The van der Waals surface area contributed by atoms with Crippen molar-refractivity contribution in [2.24, 2.45) is 0 Å². The Balaban J connectivity index is 1.80. The zero-order valence-electron chi connectivity index (χ0n) is 11.0. The maximum Gasteiger partial charge on any atom is 0.233 e. The van der Waals surface area contributed by atoms with Gasteiger partial charge in [0, 0.05) is 24.7 Å². The third-order valence-electron chi connectivity index (χ3n) is 4.18. The van der Waals surface area contributed by atoms with Crippen molar-refractivity contribution in [3.05, 3.63) is 34.9 Å². The molecule has 1 saturated carbocycles. The minimum atomic E-state index is -0.255. The molecule has 2 fully saturated rings. The lowest BCUT2D eigenvalue weighted by atomic mass is 9.94. The van der Waals surface area contributed by atoms with Crippen molar-refractivity contribution in [3.63, 3.8) is 0 Å². The quantitative estimate of drug-likeness (QED) is 0.899. The largest absolute Gasteiger partial charge is 0.341 e. The second-order valence-electron chi connectivity index (χ2n) is 5.48. The van der Waals surface area contributed by atoms with Gasteiger partial charge in [0.2, 0.25) is 5.91 Å². The Bertz CT molecular complexity index is 460. The summed E-state index contributed by atoms with van der Waals surface area (Å²) in [6, 6.07) is 7.77. The van der Waals surface area contributed by atoms with Gasteiger partial charge in [0.05, 0.1) is 5.41 Å². The zero-order chi connectivity index (χ0) is 13.3. The minimum absolute atomic E-state index is 0.255. The molecular formula is C15H19ClN2O. The van der Waals surface area contributed by atoms with E-state index in [4.69, 9.17) is 11.6 Å². The van der Waals surface area contributed by atoms with Crippen LogP contribution in [0.4, 0.5) is 0 Å². The predicted molar refractivity (Wildman–Crippen MR) is 76.4 cm³/mol. The molecular weight excluding hydrogens is 260 g/mol. The molecule has 1 amide bonds. The van der Waals surface area contributed by atoms with Crippen LogP contribution in [0.1, 0.15) is 24.8 Å². The van der Waals surface area contributed by atoms with E-state index in [2.05, 4.69) is 5.32 Å². The number of amides is 1. The van der Waals surface area contributed by atoms with Gasteiger partial charge >= 0.3 is 0 Å². The van der Waals surface area contributed by atoms with E-state index in [9.17, 15) is 4.79 Å². The predicted octanol–water partition coefficient (Wildman–Crippen LogP) is 2.19. The van der Waals surface area contributed by atoms with Gasteiger partial charge in [-0.1, -0.05) is 23.7 Å². The minimum Gasteiger partial charge on any atom is -0.341 e. The summed E-state index contributed by atoms with van der Waals surface area (Å²) < 4.78 is 0. The Labute approximate surface area is 118 Å². The molecule has 2 aliphatic rings. The van der Waals surface area contributed by atoms with E-state index < -0.39 is 0 Å². The third-order valence-corrected chi connectivity index (χ3v) is 4.44. The Morgan fingerprint density at radius 1 is 1.16 bits per heavy atom. The maximum absolute atomic E-state index is 12.8. The maximum atomic E-state index is 12.8. The highest BCUT2D eigenvalue weighted by Gasteiger charge is 2.52. The molecule has 0 bridgehead atoms. The van der Waals surface area contributed by atoms with E-state index >= 15 is 0 Å². The normalized spacial score (nSPS) is 21.8. The number of benzene rings is 1. The first-order valence-corrected chi connectivity index (χ1v) is 7.36. The first kappa shape index (κ1) is 12.9. The third kappa shape index (κ3) is 2.49. The molecule has 1 aliphatic heterocycles. The molecule has 102 valence electrons. The SMILES string of the molecule is O=C(N1CCCNCC1)C1(c2ccc(Cl)cc2)CC1. The summed E-state index contributed by atoms with van der Waals surface area (Å²) in [6.07, 6.45) is 2.98. The Kier molecular flexibility index (Phi) is 3.50. The van der Waals surface area contributed by atoms with E-state index in [1.165, 1.54) is 0 Å². The highest BCUT2D eigenvalue weighted by atomic mass is 35.5. The molecule has 1 aliphatic carbocycles. The number of nitrogens with one attached hydrogen (secondary N) is 1. The van der Waals surface area contributed by atoms with E-state index in [-0.39, 0.29) is 5.41 Å². The van der Waals surface area contributed by atoms with E-state index in [1.807, 2.05) is 29.2 Å². The Hall–Kier alpha value is -1.06. The Morgan fingerprint density at radius 3 is 2.58 bits per heavy atom. The summed E-state index contributed by atoms with van der Waals surface area (Å²) in [6.45, 7) is 3.62. The van der Waals surface area contributed by atoms with Crippen LogP contribution in [0, 0.1) is 0 Å². The fraction of sp³-hybridized carbons (Fsp3) is 0.533. The summed E-state index contributed by atoms with van der Waals surface area (Å²) >= 11 is 5.93. The number of hydrogen-bond donors (Lipinski definition) is 1. The number of rotatable bonds is 2. The summed E-state index contributed by atoms with van der Waals surface area (Å²) in [7, 11) is 0. The number of halogens is 1. The lowest BCUT2D eigenvalue weighted by Gasteiger charge is -2.26. The molecule has 3 nitrogen and oxygen atoms in total. The van der Waals surface area contributed by atoms with Gasteiger partial charge in [0.1, 0.15) is 0 Å². The van der Waals surface area contributed by atoms with Crippen molar-refractivity contribution in [2.45, 2.75) is 24.7 Å². The van der Waals surface area contributed by atoms with Gasteiger partial charge in [-0.05, 0) is 43.5 Å². The lowest BCUT2D eigenvalue weighted by molar-refractivity contribution is -0.133. The van der Waals surface area contributed by atoms with Crippen LogP contribution in [-0.4, -0.2) is 37.0 Å². The standard InChI is InChI=1S/C15H19ClN2O/c16-13-4-2-12(3-5-13)15(6-7-15)14(19)18-10-1-8-17-9-11-18/h2-5,17H,1,6-11H2. The number of carbonyl (C=O) groups is 1. The van der Waals surface area contributed by atoms with Crippen molar-refractivity contribution in [2.75, 3.05) is 26.2 Å². The van der Waals surface area contributed by atoms with Crippen LogP contribution in [0.5, 0.6) is 0 Å². The molecule has 0 aromatic heterocycles. The summed E-state index contributed by atoms with van der Waals surface area (Å²) in [4.78, 5) is 14.8. The highest BCUT2D eigenvalue weighted by molar-refractivity contribution is 6.30. The number of carbonyl (C=O) groups excluding carboxylic acids is 1. The molecule has 0 spiro atoms. The van der Waals surface area contributed by atoms with Crippen LogP contribution in [0.2, 0.25) is 5.02 Å². The molecule has 1 N–H and O–H groups in total. The monoisotopic (exact) mass is 278 g/mol. The van der Waals surface area contributed by atoms with E-state index in [1.54, 1.807) is 0 Å². The Morgan fingerprint density at radius 2 is 1.89 bits per heavy atom. The first-order valence-electron chi connectivity index (χ1n) is 6.98. The summed E-state index contributed by atoms with van der Waals surface area (Å²) in [5, 5.41) is 4.07. The van der Waals surface area contributed by atoms with Crippen LogP contribution < -0.4 is 5.32 Å². The fourth-order valence-corrected chi connectivity index (χ4v) is 3.00. The van der Waals surface area contributed by atoms with Crippen molar-refractivity contribution in [1.29, 1.82) is 0 Å². The average molecular weight is 279 g/mol. The van der Waals surface area contributed by atoms with Gasteiger partial charge in [-0.2, -0.15) is 0 Å². The zero-order valence-corrected chi connectivity index (χ0v) is 11.7. The number of nitrogens with zero attached hydrogens (tertiary/aromatic N) is 1. The second kappa shape index (κ2) is 5.14. The smallest absolute Gasteiger partial charge is 0.233 e. The van der Waals surface area contributed by atoms with Crippen LogP contribution in [0.25, 0.3) is 0 Å². The van der Waals surface area contributed by atoms with Crippen LogP contribution >= 0.6 is 11.6 Å². The van der Waals surface area contributed by atoms with Gasteiger partial charge in [0.25, 0.3) is 0 Å². The fourth-order valence-electron chi connectivity index (χ4n) is 2.87. The van der Waals surface area contributed by atoms with Crippen LogP contribution in [-0.2, 0) is 10.2 Å². The van der Waals surface area contributed by atoms with Crippen LogP contribution in [0.3, 0.4) is 0 Å². The van der Waals surface area contributed by atoms with Crippen molar-refractivity contribution in [1.82, 2.24) is 10.2 Å². The summed E-state index contributed by atoms with van der Waals surface area (Å²) in [5.41, 5.74) is 0.869. The van der Waals surface area contributed by atoms with Gasteiger partial charge in [-0.3, -0.25) is 4.79 Å². The van der Waals surface area contributed by atoms with E-state index in [0.717, 1.165) is 56.0 Å². The molecule has 1 saturated heterocycles.